The standard InChI is InChI=1S/C16H20F3NO5S/c1-3-11(15(21)22)4-10-5-12(16(17,18)19)7-14(6-10)26(23,24)20(2)8-13-9-25-13/h5-7,11,13H,3-4,8-9H2,1-2H3,(H,21,22)/t11?,13-/m0/s1. The number of rotatable bonds is 8. The van der Waals surface area contributed by atoms with Gasteiger partial charge in [-0.15, -0.1) is 0 Å². The molecule has 1 aliphatic rings. The number of ether oxygens (including phenoxy) is 1. The molecule has 146 valence electrons. The molecule has 1 heterocycles. The molecule has 0 amide bonds. The summed E-state index contributed by atoms with van der Waals surface area (Å²) in [6.45, 7) is 2.05. The van der Waals surface area contributed by atoms with E-state index >= 15 is 0 Å². The minimum Gasteiger partial charge on any atom is -0.481 e. The molecule has 2 rings (SSSR count). The van der Waals surface area contributed by atoms with Crippen LogP contribution in [-0.2, 0) is 32.2 Å². The fourth-order valence-electron chi connectivity index (χ4n) is 2.52. The van der Waals surface area contributed by atoms with Crippen LogP contribution >= 0.6 is 0 Å². The molecule has 0 bridgehead atoms. The first-order chi connectivity index (χ1) is 11.9. The van der Waals surface area contributed by atoms with Crippen molar-refractivity contribution >= 4 is 16.0 Å². The summed E-state index contributed by atoms with van der Waals surface area (Å²) in [6.07, 6.45) is -4.97. The summed E-state index contributed by atoms with van der Waals surface area (Å²) in [5.41, 5.74) is -1.10. The van der Waals surface area contributed by atoms with Gasteiger partial charge in [-0.1, -0.05) is 6.92 Å². The summed E-state index contributed by atoms with van der Waals surface area (Å²) in [6, 6.07) is 2.49. The van der Waals surface area contributed by atoms with E-state index in [4.69, 9.17) is 9.84 Å². The van der Waals surface area contributed by atoms with Gasteiger partial charge in [0.25, 0.3) is 0 Å². The number of halogens is 3. The van der Waals surface area contributed by atoms with E-state index in [0.717, 1.165) is 16.4 Å². The molecule has 1 saturated heterocycles. The van der Waals surface area contributed by atoms with Crippen LogP contribution < -0.4 is 0 Å². The van der Waals surface area contributed by atoms with Gasteiger partial charge in [0.15, 0.2) is 0 Å². The summed E-state index contributed by atoms with van der Waals surface area (Å²) in [4.78, 5) is 10.7. The van der Waals surface area contributed by atoms with E-state index in [1.807, 2.05) is 0 Å². The molecule has 2 atom stereocenters. The number of alkyl halides is 3. The fraction of sp³-hybridized carbons (Fsp3) is 0.562. The zero-order valence-corrected chi connectivity index (χ0v) is 15.1. The number of carboxylic acids is 1. The number of carbonyl (C=O) groups is 1. The number of aliphatic carboxylic acids is 1. The van der Waals surface area contributed by atoms with E-state index < -0.39 is 38.5 Å². The average molecular weight is 395 g/mol. The van der Waals surface area contributed by atoms with Crippen molar-refractivity contribution in [3.63, 3.8) is 0 Å². The third-order valence-electron chi connectivity index (χ3n) is 4.19. The first-order valence-electron chi connectivity index (χ1n) is 7.97. The summed E-state index contributed by atoms with van der Waals surface area (Å²) in [5.74, 6) is -2.04. The highest BCUT2D eigenvalue weighted by atomic mass is 32.2. The molecule has 1 fully saturated rings. The van der Waals surface area contributed by atoms with Crippen LogP contribution in [0.5, 0.6) is 0 Å². The molecule has 1 N–H and O–H groups in total. The average Bonchev–Trinajstić information content (AvgIpc) is 3.35. The van der Waals surface area contributed by atoms with Crippen LogP contribution in [0.4, 0.5) is 13.2 Å². The van der Waals surface area contributed by atoms with Crippen LogP contribution in [-0.4, -0.2) is 50.1 Å². The number of nitrogens with zero attached hydrogens (tertiary/aromatic N) is 1. The first-order valence-corrected chi connectivity index (χ1v) is 9.41. The smallest absolute Gasteiger partial charge is 0.416 e. The minimum atomic E-state index is -4.75. The zero-order valence-electron chi connectivity index (χ0n) is 14.3. The van der Waals surface area contributed by atoms with Gasteiger partial charge in [0.2, 0.25) is 10.0 Å². The lowest BCUT2D eigenvalue weighted by molar-refractivity contribution is -0.141. The highest BCUT2D eigenvalue weighted by Crippen LogP contribution is 2.33. The van der Waals surface area contributed by atoms with Crippen molar-refractivity contribution in [3.05, 3.63) is 29.3 Å². The molecule has 26 heavy (non-hydrogen) atoms. The van der Waals surface area contributed by atoms with Gasteiger partial charge in [0.05, 0.1) is 29.1 Å². The molecular formula is C16H20F3NO5S. The monoisotopic (exact) mass is 395 g/mol. The molecule has 6 nitrogen and oxygen atoms in total. The third kappa shape index (κ3) is 4.95. The largest absolute Gasteiger partial charge is 0.481 e. The van der Waals surface area contributed by atoms with Crippen LogP contribution in [0.25, 0.3) is 0 Å². The Labute approximate surface area is 149 Å². The summed E-state index contributed by atoms with van der Waals surface area (Å²) >= 11 is 0. The zero-order chi connectivity index (χ0) is 19.7. The Bertz CT molecular complexity index is 775. The Hall–Kier alpha value is -1.65. The molecule has 1 aliphatic heterocycles. The van der Waals surface area contributed by atoms with Crippen LogP contribution in [0.1, 0.15) is 24.5 Å². The Kier molecular flexibility index (Phi) is 5.99. The van der Waals surface area contributed by atoms with Gasteiger partial charge in [-0.05, 0) is 36.6 Å². The van der Waals surface area contributed by atoms with Gasteiger partial charge >= 0.3 is 12.1 Å². The number of sulfonamides is 1. The molecule has 0 aromatic heterocycles. The molecule has 0 aliphatic carbocycles. The molecule has 10 heteroatoms. The third-order valence-corrected chi connectivity index (χ3v) is 5.99. The lowest BCUT2D eigenvalue weighted by Gasteiger charge is -2.19. The van der Waals surface area contributed by atoms with Crippen LogP contribution in [0, 0.1) is 5.92 Å². The highest BCUT2D eigenvalue weighted by molar-refractivity contribution is 7.89. The quantitative estimate of drug-likeness (QED) is 0.683. The molecule has 0 spiro atoms. The molecule has 1 aromatic rings. The van der Waals surface area contributed by atoms with Crippen molar-refractivity contribution in [1.29, 1.82) is 0 Å². The van der Waals surface area contributed by atoms with Gasteiger partial charge in [0.1, 0.15) is 0 Å². The van der Waals surface area contributed by atoms with Crippen molar-refractivity contribution in [2.45, 2.75) is 36.9 Å². The lowest BCUT2D eigenvalue weighted by Crippen LogP contribution is -2.31. The number of benzene rings is 1. The minimum absolute atomic E-state index is 0.0173. The maximum atomic E-state index is 13.2. The molecular weight excluding hydrogens is 375 g/mol. The number of hydrogen-bond acceptors (Lipinski definition) is 4. The number of carboxylic acid groups (broad SMARTS) is 1. The predicted molar refractivity (Wildman–Crippen MR) is 86.1 cm³/mol. The Morgan fingerprint density at radius 1 is 1.38 bits per heavy atom. The van der Waals surface area contributed by atoms with E-state index in [0.29, 0.717) is 12.7 Å². The summed E-state index contributed by atoms with van der Waals surface area (Å²) < 4.78 is 70.7. The van der Waals surface area contributed by atoms with E-state index in [-0.39, 0.29) is 31.1 Å². The SMILES string of the molecule is CCC(Cc1cc(C(F)(F)F)cc(S(=O)(=O)N(C)C[C@H]2CO2)c1)C(=O)O. The Morgan fingerprint density at radius 3 is 2.46 bits per heavy atom. The van der Waals surface area contributed by atoms with Crippen molar-refractivity contribution in [2.24, 2.45) is 5.92 Å². The second-order valence-corrected chi connectivity index (χ2v) is 8.30. The number of hydrogen-bond donors (Lipinski definition) is 1. The van der Waals surface area contributed by atoms with Gasteiger partial charge in [0, 0.05) is 13.6 Å². The molecule has 0 radical (unpaired) electrons. The van der Waals surface area contributed by atoms with Crippen LogP contribution in [0.2, 0.25) is 0 Å². The number of epoxide rings is 1. The fourth-order valence-corrected chi connectivity index (χ4v) is 3.82. The first kappa shape index (κ1) is 20.7. The van der Waals surface area contributed by atoms with Crippen molar-refractivity contribution in [3.8, 4) is 0 Å². The van der Waals surface area contributed by atoms with Crippen molar-refractivity contribution in [1.82, 2.24) is 4.31 Å². The van der Waals surface area contributed by atoms with Crippen molar-refractivity contribution < 1.29 is 36.2 Å². The van der Waals surface area contributed by atoms with Crippen molar-refractivity contribution in [2.75, 3.05) is 20.2 Å². The Morgan fingerprint density at radius 2 is 2.00 bits per heavy atom. The van der Waals surface area contributed by atoms with Gasteiger partial charge in [-0.25, -0.2) is 8.42 Å². The molecule has 0 saturated carbocycles. The van der Waals surface area contributed by atoms with Crippen LogP contribution in [0.15, 0.2) is 23.1 Å². The summed E-state index contributed by atoms with van der Waals surface area (Å²) in [5, 5.41) is 9.12. The second-order valence-electron chi connectivity index (χ2n) is 6.25. The summed E-state index contributed by atoms with van der Waals surface area (Å²) in [7, 11) is -2.89. The van der Waals surface area contributed by atoms with E-state index in [1.165, 1.54) is 7.05 Å². The van der Waals surface area contributed by atoms with E-state index in [1.54, 1.807) is 6.92 Å². The van der Waals surface area contributed by atoms with Gasteiger partial charge in [-0.3, -0.25) is 4.79 Å². The maximum Gasteiger partial charge on any atom is 0.416 e. The topological polar surface area (TPSA) is 87.2 Å². The number of likely N-dealkylation sites (N-methyl/N-ethyl adjacent to an activating group) is 1. The Balaban J connectivity index is 2.44. The van der Waals surface area contributed by atoms with Gasteiger partial charge < -0.3 is 9.84 Å². The molecule has 1 aromatic carbocycles. The van der Waals surface area contributed by atoms with E-state index in [2.05, 4.69) is 0 Å². The van der Waals surface area contributed by atoms with Crippen LogP contribution in [0.3, 0.4) is 0 Å². The molecule has 1 unspecified atom stereocenters. The highest BCUT2D eigenvalue weighted by Gasteiger charge is 2.35. The second kappa shape index (κ2) is 7.53. The normalized spacial score (nSPS) is 18.8. The van der Waals surface area contributed by atoms with Gasteiger partial charge in [-0.2, -0.15) is 17.5 Å². The maximum absolute atomic E-state index is 13.2. The lowest BCUT2D eigenvalue weighted by atomic mass is 9.96. The predicted octanol–water partition coefficient (Wildman–Crippen LogP) is 2.38. The van der Waals surface area contributed by atoms with E-state index in [9.17, 15) is 26.4 Å².